The molecular formula is C61H100N14O20. The molecule has 1 rings (SSSR count). The van der Waals surface area contributed by atoms with E-state index in [2.05, 4.69) is 53.2 Å². The van der Waals surface area contributed by atoms with Crippen LogP contribution in [0.1, 0.15) is 150 Å². The third-order valence-electron chi connectivity index (χ3n) is 14.9. The minimum Gasteiger partial charge on any atom is -0.481 e. The lowest BCUT2D eigenvalue weighted by atomic mass is 10.00. The molecule has 0 radical (unpaired) electrons. The van der Waals surface area contributed by atoms with E-state index in [1.54, 1.807) is 58.0 Å². The van der Waals surface area contributed by atoms with Gasteiger partial charge in [0.1, 0.15) is 60.4 Å². The fourth-order valence-corrected chi connectivity index (χ4v) is 9.34. The van der Waals surface area contributed by atoms with Crippen molar-refractivity contribution < 1.29 is 97.5 Å². The molecule has 0 spiro atoms. The highest BCUT2D eigenvalue weighted by atomic mass is 16.4. The molecule has 1 aromatic carbocycles. The molecule has 0 fully saturated rings. The van der Waals surface area contributed by atoms with Crippen LogP contribution in [-0.2, 0) is 78.3 Å². The average molecular weight is 1350 g/mol. The molecule has 34 nitrogen and oxygen atoms in total. The Morgan fingerprint density at radius 1 is 0.389 bits per heavy atom. The van der Waals surface area contributed by atoms with E-state index in [0.717, 1.165) is 6.92 Å². The van der Waals surface area contributed by atoms with Crippen LogP contribution in [0.25, 0.3) is 0 Å². The first-order valence-electron chi connectivity index (χ1n) is 31.6. The summed E-state index contributed by atoms with van der Waals surface area (Å²) in [5.74, 6) is -18.4. The highest BCUT2D eigenvalue weighted by Gasteiger charge is 2.38. The SMILES string of the molecule is CC(C)C[C@H](NC(=O)[C@H](CCCCN)NC(=O)[C@@H](N)C(C)C)C(=O)N[C@@H](CCC(=O)O)C(=O)N[C@@H](CCC(N)=O)C(=O)N[C@@H](Cc1ccccc1)C(=O)N[C@@H](CCCCN)C(=O)N[C@@H](CCC(=O)O)C(=O)N[C@H](C(=O)N[C@H](C(=O)N[C@@H](CCC(=O)O)C(=O)O)[C@@H](C)O)C(C)C. The average Bonchev–Trinajstić information content (AvgIpc) is 0.924. The number of hydrogen-bond acceptors (Lipinski definition) is 19. The van der Waals surface area contributed by atoms with Gasteiger partial charge >= 0.3 is 23.9 Å². The summed E-state index contributed by atoms with van der Waals surface area (Å²) in [7, 11) is 0. The van der Waals surface area contributed by atoms with Gasteiger partial charge in [-0.3, -0.25) is 67.1 Å². The number of rotatable bonds is 48. The summed E-state index contributed by atoms with van der Waals surface area (Å²) in [5, 5.41) is 72.9. The monoisotopic (exact) mass is 1350 g/mol. The second-order valence-corrected chi connectivity index (χ2v) is 24.2. The lowest BCUT2D eigenvalue weighted by Gasteiger charge is -2.29. The molecule has 0 aliphatic rings. The number of nitrogens with two attached hydrogens (primary N) is 4. The number of benzene rings is 1. The molecule has 0 aromatic heterocycles. The Bertz CT molecular complexity index is 2750. The summed E-state index contributed by atoms with van der Waals surface area (Å²) < 4.78 is 0. The molecule has 0 aliphatic carbocycles. The van der Waals surface area contributed by atoms with Gasteiger partial charge in [-0.05, 0) is 114 Å². The second kappa shape index (κ2) is 43.9. The summed E-state index contributed by atoms with van der Waals surface area (Å²) in [6.07, 6.45) is -5.72. The smallest absolute Gasteiger partial charge is 0.326 e. The molecule has 11 amide bonds. The molecule has 34 heteroatoms. The van der Waals surface area contributed by atoms with Crippen LogP contribution in [0.5, 0.6) is 0 Å². The Morgan fingerprint density at radius 2 is 0.726 bits per heavy atom. The number of carboxylic acids is 4. The molecule has 12 atom stereocenters. The molecule has 0 saturated heterocycles. The predicted octanol–water partition coefficient (Wildman–Crippen LogP) is -3.65. The lowest BCUT2D eigenvalue weighted by molar-refractivity contribution is -0.144. The number of unbranched alkanes of at least 4 members (excludes halogenated alkanes) is 2. The Kier molecular flexibility index (Phi) is 38.9. The van der Waals surface area contributed by atoms with Gasteiger partial charge in [-0.2, -0.15) is 0 Å². The number of carbonyl (C=O) groups is 15. The minimum absolute atomic E-state index is 0.0250. The molecule has 23 N–H and O–H groups in total. The van der Waals surface area contributed by atoms with Crippen molar-refractivity contribution in [1.29, 1.82) is 0 Å². The van der Waals surface area contributed by atoms with Crippen LogP contribution in [0.3, 0.4) is 0 Å². The maximum Gasteiger partial charge on any atom is 0.326 e. The van der Waals surface area contributed by atoms with Gasteiger partial charge in [0.25, 0.3) is 0 Å². The number of primary amides is 1. The third-order valence-corrected chi connectivity index (χ3v) is 14.9. The number of aliphatic hydroxyl groups is 1. The largest absolute Gasteiger partial charge is 0.481 e. The Balaban J connectivity index is 3.77. The van der Waals surface area contributed by atoms with Gasteiger partial charge in [-0.25, -0.2) is 4.79 Å². The topological polar surface area (TPSA) is 582 Å². The third kappa shape index (κ3) is 33.2. The zero-order valence-corrected chi connectivity index (χ0v) is 54.9. The molecule has 95 heavy (non-hydrogen) atoms. The van der Waals surface area contributed by atoms with Gasteiger partial charge in [0.05, 0.1) is 12.1 Å². The van der Waals surface area contributed by atoms with E-state index in [1.807, 2.05) is 0 Å². The van der Waals surface area contributed by atoms with E-state index in [9.17, 15) is 92.3 Å². The Morgan fingerprint density at radius 3 is 1.11 bits per heavy atom. The van der Waals surface area contributed by atoms with Gasteiger partial charge in [0, 0.05) is 32.1 Å². The zero-order chi connectivity index (χ0) is 72.2. The van der Waals surface area contributed by atoms with Crippen molar-refractivity contribution >= 4 is 88.9 Å². The summed E-state index contributed by atoms with van der Waals surface area (Å²) >= 11 is 0. The van der Waals surface area contributed by atoms with Gasteiger partial charge in [-0.1, -0.05) is 71.9 Å². The molecule has 534 valence electrons. The molecule has 0 heterocycles. The molecule has 1 aromatic rings. The van der Waals surface area contributed by atoms with Crippen molar-refractivity contribution in [3.63, 3.8) is 0 Å². The van der Waals surface area contributed by atoms with Crippen LogP contribution < -0.4 is 76.1 Å². The summed E-state index contributed by atoms with van der Waals surface area (Å²) in [6, 6.07) is -9.17. The number of carboxylic acid groups (broad SMARTS) is 4. The molecule has 0 aliphatic heterocycles. The van der Waals surface area contributed by atoms with Crippen molar-refractivity contribution in [2.45, 2.75) is 224 Å². The lowest BCUT2D eigenvalue weighted by Crippen LogP contribution is -2.62. The second-order valence-electron chi connectivity index (χ2n) is 24.2. The first-order valence-corrected chi connectivity index (χ1v) is 31.6. The summed E-state index contributed by atoms with van der Waals surface area (Å²) in [5.41, 5.74) is 23.4. The van der Waals surface area contributed by atoms with E-state index in [-0.39, 0.29) is 63.5 Å². The van der Waals surface area contributed by atoms with Gasteiger partial charge in [0.2, 0.25) is 65.0 Å². The minimum atomic E-state index is -1.86. The number of aliphatic carboxylic acids is 4. The molecule has 0 saturated carbocycles. The van der Waals surface area contributed by atoms with Gasteiger partial charge < -0.3 is 102 Å². The van der Waals surface area contributed by atoms with Crippen molar-refractivity contribution in [3.05, 3.63) is 35.9 Å². The number of aliphatic hydroxyl groups excluding tert-OH is 1. The number of hydrogen-bond donors (Lipinski definition) is 19. The predicted molar refractivity (Wildman–Crippen MR) is 341 cm³/mol. The van der Waals surface area contributed by atoms with E-state index < -0.39 is 219 Å². The fourth-order valence-electron chi connectivity index (χ4n) is 9.34. The van der Waals surface area contributed by atoms with Crippen LogP contribution >= 0.6 is 0 Å². The van der Waals surface area contributed by atoms with Crippen molar-refractivity contribution in [2.24, 2.45) is 40.7 Å². The van der Waals surface area contributed by atoms with Crippen molar-refractivity contribution in [2.75, 3.05) is 13.1 Å². The van der Waals surface area contributed by atoms with Crippen molar-refractivity contribution in [1.82, 2.24) is 53.2 Å². The standard InChI is InChI=1S/C61H100N14O20/c1-31(2)29-42(72-52(85)37(18-12-14-28-63)70-58(91)48(65)32(3)4)56(89)69-39(20-24-45(78)79)53(86)67-38(19-23-44(64)77)54(87)73-43(30-35-15-9-8-10-16-35)57(90)66-36(17-11-13-27-62)51(84)68-40(21-25-46(80)81)55(88)74-49(33(5)6)59(92)75-50(34(7)76)60(93)71-41(61(94)95)22-26-47(82)83/h8-10,15-16,31-34,36-43,48-50,76H,11-14,17-30,62-63,65H2,1-7H3,(H2,64,77)(H,66,90)(H,67,86)(H,68,84)(H,69,89)(H,70,91)(H,71,93)(H,72,85)(H,73,87)(H,74,88)(H,75,92)(H,78,79)(H,80,81)(H,82,83)(H,94,95)/t34-,36+,37+,38+,39+,40+,41+,42+,43+,48+,49+,50+/m1/s1. The summed E-state index contributed by atoms with van der Waals surface area (Å²) in [4.78, 5) is 199. The van der Waals surface area contributed by atoms with Crippen LogP contribution in [0.2, 0.25) is 0 Å². The van der Waals surface area contributed by atoms with Crippen molar-refractivity contribution in [3.8, 4) is 0 Å². The highest BCUT2D eigenvalue weighted by Crippen LogP contribution is 2.14. The van der Waals surface area contributed by atoms with E-state index in [0.29, 0.717) is 18.4 Å². The van der Waals surface area contributed by atoms with Crippen LogP contribution in [0.15, 0.2) is 30.3 Å². The van der Waals surface area contributed by atoms with Gasteiger partial charge in [0.15, 0.2) is 0 Å². The Labute approximate surface area is 551 Å². The van der Waals surface area contributed by atoms with Crippen LogP contribution in [0.4, 0.5) is 0 Å². The Hall–Kier alpha value is -8.89. The maximum absolute atomic E-state index is 14.7. The molecule has 0 bridgehead atoms. The van der Waals surface area contributed by atoms with Gasteiger partial charge in [-0.15, -0.1) is 0 Å². The van der Waals surface area contributed by atoms with Crippen LogP contribution in [0, 0.1) is 17.8 Å². The molecule has 0 unspecified atom stereocenters. The van der Waals surface area contributed by atoms with E-state index in [1.165, 1.54) is 13.8 Å². The first-order chi connectivity index (χ1) is 44.5. The van der Waals surface area contributed by atoms with Crippen LogP contribution in [-0.4, -0.2) is 200 Å². The normalized spacial score (nSPS) is 15.0. The number of carbonyl (C=O) groups excluding carboxylic acids is 11. The summed E-state index contributed by atoms with van der Waals surface area (Å²) in [6.45, 7) is 11.3. The van der Waals surface area contributed by atoms with E-state index in [4.69, 9.17) is 28.0 Å². The number of nitrogens with one attached hydrogen (secondary N) is 10. The maximum atomic E-state index is 14.7. The highest BCUT2D eigenvalue weighted by molar-refractivity contribution is 5.99. The molecular weight excluding hydrogens is 1250 g/mol. The number of amides is 11. The quantitative estimate of drug-likeness (QED) is 0.0280. The zero-order valence-electron chi connectivity index (χ0n) is 54.9. The first kappa shape index (κ1) is 84.1. The fraction of sp³-hybridized carbons (Fsp3) is 0.656. The van der Waals surface area contributed by atoms with E-state index >= 15 is 0 Å².